The van der Waals surface area contributed by atoms with Gasteiger partial charge >= 0.3 is 5.63 Å². The minimum absolute atomic E-state index is 0.282. The van der Waals surface area contributed by atoms with E-state index in [0.29, 0.717) is 5.58 Å². The topological polar surface area (TPSA) is 45.9 Å². The van der Waals surface area contributed by atoms with Gasteiger partial charge < -0.3 is 14.1 Å². The van der Waals surface area contributed by atoms with E-state index in [4.69, 9.17) is 9.15 Å². The van der Waals surface area contributed by atoms with Crippen molar-refractivity contribution < 1.29 is 9.15 Å². The summed E-state index contributed by atoms with van der Waals surface area (Å²) < 4.78 is 10.6. The van der Waals surface area contributed by atoms with Crippen LogP contribution in [0.5, 0.6) is 5.75 Å². The predicted octanol–water partition coefficient (Wildman–Crippen LogP) is 4.41. The van der Waals surface area contributed by atoms with Crippen molar-refractivity contribution in [2.24, 2.45) is 0 Å². The first-order valence-corrected chi connectivity index (χ1v) is 11.4. The van der Waals surface area contributed by atoms with Crippen molar-refractivity contribution in [1.29, 1.82) is 0 Å². The summed E-state index contributed by atoms with van der Waals surface area (Å²) in [6.07, 6.45) is 1.14. The van der Waals surface area contributed by atoms with E-state index in [2.05, 4.69) is 28.0 Å². The molecule has 158 valence electrons. The van der Waals surface area contributed by atoms with Crippen LogP contribution in [0.25, 0.3) is 11.0 Å². The third-order valence-electron chi connectivity index (χ3n) is 5.62. The number of hydrogen-bond acceptors (Lipinski definition) is 6. The van der Waals surface area contributed by atoms with E-state index in [1.807, 2.05) is 43.0 Å². The number of benzene rings is 2. The normalized spacial score (nSPS) is 14.9. The maximum atomic E-state index is 11.6. The molecule has 1 aliphatic rings. The van der Waals surface area contributed by atoms with Crippen molar-refractivity contribution in [3.05, 3.63) is 64.5 Å². The van der Waals surface area contributed by atoms with Gasteiger partial charge in [-0.2, -0.15) is 0 Å². The second-order valence-electron chi connectivity index (χ2n) is 7.64. The lowest BCUT2D eigenvalue weighted by Gasteiger charge is -2.36. The molecule has 1 fully saturated rings. The van der Waals surface area contributed by atoms with Crippen LogP contribution < -0.4 is 15.3 Å². The smallest absolute Gasteiger partial charge is 0.336 e. The molecule has 0 atom stereocenters. The quantitative estimate of drug-likeness (QED) is 0.318. The molecule has 0 N–H and O–H groups in total. The summed E-state index contributed by atoms with van der Waals surface area (Å²) in [5.74, 6) is 1.96. The molecule has 1 saturated heterocycles. The van der Waals surface area contributed by atoms with Gasteiger partial charge in [0.25, 0.3) is 0 Å². The average molecular weight is 425 g/mol. The highest BCUT2D eigenvalue weighted by atomic mass is 32.2. The van der Waals surface area contributed by atoms with Crippen LogP contribution in [-0.4, -0.2) is 50.5 Å². The molecule has 3 aromatic rings. The molecule has 0 bridgehead atoms. The van der Waals surface area contributed by atoms with E-state index in [1.54, 1.807) is 13.2 Å². The average Bonchev–Trinajstić information content (AvgIpc) is 2.77. The Hall–Kier alpha value is -2.44. The van der Waals surface area contributed by atoms with Gasteiger partial charge in [0, 0.05) is 48.2 Å². The predicted molar refractivity (Wildman–Crippen MR) is 124 cm³/mol. The third kappa shape index (κ3) is 4.99. The number of fused-ring (bicyclic) bond motifs is 1. The van der Waals surface area contributed by atoms with E-state index in [9.17, 15) is 4.79 Å². The number of nitrogens with zero attached hydrogens (tertiary/aromatic N) is 2. The fourth-order valence-electron chi connectivity index (χ4n) is 3.90. The monoisotopic (exact) mass is 424 g/mol. The van der Waals surface area contributed by atoms with E-state index < -0.39 is 0 Å². The number of methoxy groups -OCH3 is 1. The van der Waals surface area contributed by atoms with Crippen LogP contribution in [0.15, 0.2) is 62.6 Å². The lowest BCUT2D eigenvalue weighted by Crippen LogP contribution is -2.46. The Morgan fingerprint density at radius 2 is 1.80 bits per heavy atom. The fourth-order valence-corrected chi connectivity index (χ4v) is 4.76. The first-order chi connectivity index (χ1) is 14.6. The number of hydrogen-bond donors (Lipinski definition) is 0. The van der Waals surface area contributed by atoms with Gasteiger partial charge in [0.2, 0.25) is 0 Å². The molecule has 2 aromatic carbocycles. The first-order valence-electron chi connectivity index (χ1n) is 10.4. The van der Waals surface area contributed by atoms with Gasteiger partial charge in [-0.1, -0.05) is 0 Å². The van der Waals surface area contributed by atoms with Crippen molar-refractivity contribution in [3.8, 4) is 5.75 Å². The Morgan fingerprint density at radius 3 is 2.53 bits per heavy atom. The van der Waals surface area contributed by atoms with Crippen LogP contribution >= 0.6 is 11.8 Å². The van der Waals surface area contributed by atoms with Crippen LogP contribution in [0.3, 0.4) is 0 Å². The Morgan fingerprint density at radius 1 is 1.03 bits per heavy atom. The van der Waals surface area contributed by atoms with Crippen molar-refractivity contribution in [3.63, 3.8) is 0 Å². The zero-order valence-electron chi connectivity index (χ0n) is 17.6. The SMILES string of the molecule is COc1ccc(N2CCN(CCCSc3ccc4c(C)cc(=O)oc4c3)CC2)cc1. The molecule has 0 amide bonds. The lowest BCUT2D eigenvalue weighted by atomic mass is 10.1. The molecule has 5 nitrogen and oxygen atoms in total. The zero-order chi connectivity index (χ0) is 20.9. The molecule has 1 aliphatic heterocycles. The van der Waals surface area contributed by atoms with E-state index in [-0.39, 0.29) is 5.63 Å². The standard InChI is InChI=1S/C24H28N2O3S/c1-18-16-24(27)29-23-17-21(8-9-22(18)23)30-15-3-10-25-11-13-26(14-12-25)19-4-6-20(28-2)7-5-19/h4-9,16-17H,3,10-15H2,1-2H3. The summed E-state index contributed by atoms with van der Waals surface area (Å²) in [4.78, 5) is 17.7. The number of ether oxygens (including phenoxy) is 1. The molecule has 0 unspecified atom stereocenters. The summed E-state index contributed by atoms with van der Waals surface area (Å²) in [7, 11) is 1.70. The van der Waals surface area contributed by atoms with Crippen molar-refractivity contribution in [2.75, 3.05) is 50.5 Å². The lowest BCUT2D eigenvalue weighted by molar-refractivity contribution is 0.259. The Balaban J connectivity index is 1.22. The van der Waals surface area contributed by atoms with Gasteiger partial charge in [-0.25, -0.2) is 4.79 Å². The summed E-state index contributed by atoms with van der Waals surface area (Å²) in [6, 6.07) is 16.0. The third-order valence-corrected chi connectivity index (χ3v) is 6.70. The molecule has 4 rings (SSSR count). The fraction of sp³-hybridized carbons (Fsp3) is 0.375. The van der Waals surface area contributed by atoms with Gasteiger partial charge in [0.05, 0.1) is 7.11 Å². The van der Waals surface area contributed by atoms with Crippen LogP contribution in [0.4, 0.5) is 5.69 Å². The molecule has 0 aliphatic carbocycles. The molecule has 0 spiro atoms. The highest BCUT2D eigenvalue weighted by Gasteiger charge is 2.16. The van der Waals surface area contributed by atoms with Crippen molar-refractivity contribution in [1.82, 2.24) is 4.90 Å². The van der Waals surface area contributed by atoms with Crippen molar-refractivity contribution in [2.45, 2.75) is 18.2 Å². The summed E-state index contributed by atoms with van der Waals surface area (Å²) in [5, 5.41) is 1.01. The van der Waals surface area contributed by atoms with Gasteiger partial charge in [-0.05, 0) is 73.7 Å². The Bertz CT molecular complexity index is 1040. The number of aryl methyl sites for hydroxylation is 1. The van der Waals surface area contributed by atoms with Gasteiger partial charge in [0.15, 0.2) is 0 Å². The molecule has 6 heteroatoms. The summed E-state index contributed by atoms with van der Waals surface area (Å²) >= 11 is 1.83. The minimum Gasteiger partial charge on any atom is -0.497 e. The highest BCUT2D eigenvalue weighted by Crippen LogP contribution is 2.25. The second kappa shape index (κ2) is 9.58. The molecule has 2 heterocycles. The van der Waals surface area contributed by atoms with Gasteiger partial charge in [-0.3, -0.25) is 4.90 Å². The van der Waals surface area contributed by atoms with Crippen LogP contribution in [0.2, 0.25) is 0 Å². The molecular weight excluding hydrogens is 396 g/mol. The molecule has 1 aromatic heterocycles. The maximum Gasteiger partial charge on any atom is 0.336 e. The molecule has 0 saturated carbocycles. The van der Waals surface area contributed by atoms with Crippen molar-refractivity contribution >= 4 is 28.4 Å². The van der Waals surface area contributed by atoms with Crippen LogP contribution in [0, 0.1) is 6.92 Å². The minimum atomic E-state index is -0.282. The molecular formula is C24H28N2O3S. The van der Waals surface area contributed by atoms with Crippen LogP contribution in [0.1, 0.15) is 12.0 Å². The summed E-state index contributed by atoms with van der Waals surface area (Å²) in [5.41, 5.74) is 2.63. The maximum absolute atomic E-state index is 11.6. The number of thioether (sulfide) groups is 1. The largest absolute Gasteiger partial charge is 0.497 e. The van der Waals surface area contributed by atoms with E-state index >= 15 is 0 Å². The van der Waals surface area contributed by atoms with Gasteiger partial charge in [0.1, 0.15) is 11.3 Å². The molecule has 0 radical (unpaired) electrons. The number of piperazine rings is 1. The van der Waals surface area contributed by atoms with E-state index in [1.165, 1.54) is 5.69 Å². The summed E-state index contributed by atoms with van der Waals surface area (Å²) in [6.45, 7) is 7.37. The Labute approximate surface area is 181 Å². The highest BCUT2D eigenvalue weighted by molar-refractivity contribution is 7.99. The number of anilines is 1. The zero-order valence-corrected chi connectivity index (χ0v) is 18.4. The van der Waals surface area contributed by atoms with Gasteiger partial charge in [-0.15, -0.1) is 11.8 Å². The Kier molecular flexibility index (Phi) is 6.65. The van der Waals surface area contributed by atoms with Crippen LogP contribution in [-0.2, 0) is 0 Å². The number of rotatable bonds is 7. The first kappa shape index (κ1) is 20.8. The second-order valence-corrected chi connectivity index (χ2v) is 8.80. The molecule has 30 heavy (non-hydrogen) atoms. The van der Waals surface area contributed by atoms with E-state index in [0.717, 1.165) is 66.5 Å².